The predicted octanol–water partition coefficient (Wildman–Crippen LogP) is 2.87. The van der Waals surface area contributed by atoms with Crippen LogP contribution in [0.3, 0.4) is 0 Å². The van der Waals surface area contributed by atoms with Gasteiger partial charge in [0.15, 0.2) is 0 Å². The Hall–Kier alpha value is -0.0800. The monoisotopic (exact) mass is 214 g/mol. The van der Waals surface area contributed by atoms with Crippen molar-refractivity contribution < 1.29 is 0 Å². The molecule has 0 spiro atoms. The molecule has 0 aliphatic carbocycles. The average Bonchev–Trinajstić information content (AvgIpc) is 2.16. The van der Waals surface area contributed by atoms with Crippen LogP contribution in [-0.2, 0) is 0 Å². The van der Waals surface area contributed by atoms with Crippen LogP contribution in [0.4, 0.5) is 0 Å². The van der Waals surface area contributed by atoms with Gasteiger partial charge in [0, 0.05) is 24.7 Å². The summed E-state index contributed by atoms with van der Waals surface area (Å²) in [5.41, 5.74) is 6.37. The lowest BCUT2D eigenvalue weighted by molar-refractivity contribution is 0.147. The Balaban J connectivity index is 4.38. The highest BCUT2D eigenvalue weighted by molar-refractivity contribution is 4.86. The van der Waals surface area contributed by atoms with Crippen molar-refractivity contribution in [2.75, 3.05) is 13.1 Å². The van der Waals surface area contributed by atoms with E-state index in [0.29, 0.717) is 12.0 Å². The van der Waals surface area contributed by atoms with E-state index in [-0.39, 0.29) is 5.54 Å². The average molecular weight is 214 g/mol. The highest BCUT2D eigenvalue weighted by Crippen LogP contribution is 2.16. The summed E-state index contributed by atoms with van der Waals surface area (Å²) in [6.07, 6.45) is 2.12. The zero-order valence-corrected chi connectivity index (χ0v) is 11.5. The molecule has 2 heteroatoms. The summed E-state index contributed by atoms with van der Waals surface area (Å²) in [6, 6.07) is 0.591. The molecule has 0 saturated carbocycles. The molecule has 2 nitrogen and oxygen atoms in total. The lowest BCUT2D eigenvalue weighted by Crippen LogP contribution is -2.52. The third kappa shape index (κ3) is 5.53. The van der Waals surface area contributed by atoms with Gasteiger partial charge < -0.3 is 5.73 Å². The molecule has 0 fully saturated rings. The fraction of sp³-hybridized carbons (Fsp3) is 1.00. The maximum Gasteiger partial charge on any atom is 0.0278 e. The topological polar surface area (TPSA) is 29.3 Å². The second-order valence-corrected chi connectivity index (χ2v) is 5.49. The Morgan fingerprint density at radius 2 is 1.53 bits per heavy atom. The second-order valence-electron chi connectivity index (χ2n) is 5.49. The molecule has 0 heterocycles. The van der Waals surface area contributed by atoms with Crippen molar-refractivity contribution in [1.29, 1.82) is 0 Å². The van der Waals surface area contributed by atoms with E-state index in [2.05, 4.69) is 46.4 Å². The number of hydrogen-bond acceptors (Lipinski definition) is 2. The van der Waals surface area contributed by atoms with Crippen molar-refractivity contribution in [2.24, 2.45) is 11.7 Å². The molecule has 0 bridgehead atoms. The minimum atomic E-state index is -0.000833. The molecule has 0 aromatic rings. The second kappa shape index (κ2) is 6.49. The number of hydrogen-bond donors (Lipinski definition) is 1. The molecule has 0 amide bonds. The van der Waals surface area contributed by atoms with Gasteiger partial charge in [-0.05, 0) is 32.6 Å². The summed E-state index contributed by atoms with van der Waals surface area (Å²) in [4.78, 5) is 2.51. The quantitative estimate of drug-likeness (QED) is 0.706. The maximum absolute atomic E-state index is 6.37. The first-order valence-corrected chi connectivity index (χ1v) is 6.37. The fourth-order valence-corrected chi connectivity index (χ4v) is 1.81. The van der Waals surface area contributed by atoms with E-state index < -0.39 is 0 Å². The summed E-state index contributed by atoms with van der Waals surface area (Å²) >= 11 is 0. The summed E-state index contributed by atoms with van der Waals surface area (Å²) in [5.74, 6) is 0.713. The Labute approximate surface area is 96.2 Å². The molecule has 0 aliphatic rings. The molecule has 0 unspecified atom stereocenters. The molecule has 0 atom stereocenters. The van der Waals surface area contributed by atoms with Crippen LogP contribution in [0.15, 0.2) is 0 Å². The summed E-state index contributed by atoms with van der Waals surface area (Å²) in [5, 5.41) is 0. The third-order valence-electron chi connectivity index (χ3n) is 3.26. The van der Waals surface area contributed by atoms with Crippen LogP contribution >= 0.6 is 0 Å². The highest BCUT2D eigenvalue weighted by atomic mass is 15.2. The van der Waals surface area contributed by atoms with Gasteiger partial charge in [-0.2, -0.15) is 0 Å². The first-order valence-electron chi connectivity index (χ1n) is 6.37. The number of rotatable bonds is 7. The van der Waals surface area contributed by atoms with Crippen molar-refractivity contribution in [3.05, 3.63) is 0 Å². The lowest BCUT2D eigenvalue weighted by atomic mass is 9.92. The van der Waals surface area contributed by atoms with Gasteiger partial charge in [0.2, 0.25) is 0 Å². The fourth-order valence-electron chi connectivity index (χ4n) is 1.81. The molecule has 0 radical (unpaired) electrons. The molecule has 0 saturated heterocycles. The molecule has 2 N–H and O–H groups in total. The lowest BCUT2D eigenvalue weighted by Gasteiger charge is -2.37. The van der Waals surface area contributed by atoms with Gasteiger partial charge in [-0.1, -0.05) is 27.7 Å². The van der Waals surface area contributed by atoms with Crippen molar-refractivity contribution in [2.45, 2.75) is 66.0 Å². The van der Waals surface area contributed by atoms with E-state index in [4.69, 9.17) is 5.73 Å². The van der Waals surface area contributed by atoms with Gasteiger partial charge in [0.25, 0.3) is 0 Å². The maximum atomic E-state index is 6.37. The van der Waals surface area contributed by atoms with Gasteiger partial charge >= 0.3 is 0 Å². The summed E-state index contributed by atoms with van der Waals surface area (Å²) < 4.78 is 0. The van der Waals surface area contributed by atoms with Gasteiger partial charge in [-0.25, -0.2) is 0 Å². The molecular formula is C13H30N2. The smallest absolute Gasteiger partial charge is 0.0278 e. The normalized spacial score (nSPS) is 13.2. The Morgan fingerprint density at radius 3 is 1.80 bits per heavy atom. The summed E-state index contributed by atoms with van der Waals surface area (Å²) in [6.45, 7) is 15.6. The van der Waals surface area contributed by atoms with Crippen molar-refractivity contribution >= 4 is 0 Å². The molecule has 15 heavy (non-hydrogen) atoms. The Morgan fingerprint density at radius 1 is 1.07 bits per heavy atom. The number of nitrogens with two attached hydrogens (primary N) is 1. The van der Waals surface area contributed by atoms with Crippen LogP contribution in [-0.4, -0.2) is 29.6 Å². The highest BCUT2D eigenvalue weighted by Gasteiger charge is 2.25. The molecule has 0 rings (SSSR count). The van der Waals surface area contributed by atoms with Gasteiger partial charge in [0.1, 0.15) is 0 Å². The molecule has 0 aromatic heterocycles. The first kappa shape index (κ1) is 14.9. The van der Waals surface area contributed by atoms with Crippen LogP contribution in [0.2, 0.25) is 0 Å². The van der Waals surface area contributed by atoms with Crippen LogP contribution < -0.4 is 5.73 Å². The van der Waals surface area contributed by atoms with Crippen molar-refractivity contribution in [1.82, 2.24) is 4.90 Å². The van der Waals surface area contributed by atoms with Crippen molar-refractivity contribution in [3.8, 4) is 0 Å². The van der Waals surface area contributed by atoms with E-state index in [9.17, 15) is 0 Å². The van der Waals surface area contributed by atoms with Crippen LogP contribution in [0.1, 0.15) is 54.4 Å². The zero-order chi connectivity index (χ0) is 12.1. The SMILES string of the molecule is CCC(N)(CC)CN(CC(C)C)C(C)C. The van der Waals surface area contributed by atoms with Gasteiger partial charge in [-0.3, -0.25) is 4.90 Å². The number of nitrogens with zero attached hydrogens (tertiary/aromatic N) is 1. The van der Waals surface area contributed by atoms with E-state index in [1.54, 1.807) is 0 Å². The minimum absolute atomic E-state index is 0.000833. The summed E-state index contributed by atoms with van der Waals surface area (Å²) in [7, 11) is 0. The van der Waals surface area contributed by atoms with Gasteiger partial charge in [0.05, 0.1) is 0 Å². The standard InChI is InChI=1S/C13H30N2/c1-7-13(14,8-2)10-15(12(5)6)9-11(3)4/h11-12H,7-10,14H2,1-6H3. The molecular weight excluding hydrogens is 184 g/mol. The zero-order valence-electron chi connectivity index (χ0n) is 11.5. The van der Waals surface area contributed by atoms with E-state index >= 15 is 0 Å². The minimum Gasteiger partial charge on any atom is -0.324 e. The largest absolute Gasteiger partial charge is 0.324 e. The molecule has 92 valence electrons. The molecule has 0 aromatic carbocycles. The van der Waals surface area contributed by atoms with E-state index in [1.807, 2.05) is 0 Å². The third-order valence-corrected chi connectivity index (χ3v) is 3.26. The first-order chi connectivity index (χ1) is 6.84. The predicted molar refractivity (Wildman–Crippen MR) is 69.0 cm³/mol. The van der Waals surface area contributed by atoms with Crippen LogP contribution in [0.5, 0.6) is 0 Å². The van der Waals surface area contributed by atoms with Gasteiger partial charge in [-0.15, -0.1) is 0 Å². The molecule has 0 aliphatic heterocycles. The van der Waals surface area contributed by atoms with E-state index in [0.717, 1.165) is 25.9 Å². The van der Waals surface area contributed by atoms with E-state index in [1.165, 1.54) is 0 Å². The van der Waals surface area contributed by atoms with Crippen LogP contribution in [0, 0.1) is 5.92 Å². The Bertz CT molecular complexity index is 160. The Kier molecular flexibility index (Phi) is 6.46. The van der Waals surface area contributed by atoms with Crippen LogP contribution in [0.25, 0.3) is 0 Å². The van der Waals surface area contributed by atoms with Crippen molar-refractivity contribution in [3.63, 3.8) is 0 Å².